The molecule has 25 heavy (non-hydrogen) atoms. The minimum atomic E-state index is -3.67. The van der Waals surface area contributed by atoms with E-state index >= 15 is 0 Å². The van der Waals surface area contributed by atoms with Gasteiger partial charge in [-0.05, 0) is 37.5 Å². The second kappa shape index (κ2) is 7.41. The first kappa shape index (κ1) is 18.3. The summed E-state index contributed by atoms with van der Waals surface area (Å²) in [5.41, 5.74) is 0.819. The van der Waals surface area contributed by atoms with E-state index in [-0.39, 0.29) is 17.3 Å². The Morgan fingerprint density at radius 1 is 1.44 bits per heavy atom. The number of aromatic nitrogens is 1. The number of carbonyl (C=O) groups is 1. The van der Waals surface area contributed by atoms with Crippen molar-refractivity contribution < 1.29 is 13.2 Å². The van der Waals surface area contributed by atoms with Gasteiger partial charge >= 0.3 is 0 Å². The van der Waals surface area contributed by atoms with Crippen molar-refractivity contribution in [1.82, 2.24) is 9.29 Å². The summed E-state index contributed by atoms with van der Waals surface area (Å²) in [6.45, 7) is 2.37. The van der Waals surface area contributed by atoms with Crippen molar-refractivity contribution in [2.24, 2.45) is 5.92 Å². The molecule has 1 amide bonds. The summed E-state index contributed by atoms with van der Waals surface area (Å²) < 4.78 is 27.1. The van der Waals surface area contributed by atoms with E-state index in [2.05, 4.69) is 10.3 Å². The largest absolute Gasteiger partial charge is 0.302 e. The minimum absolute atomic E-state index is 0.157. The third-order valence-electron chi connectivity index (χ3n) is 4.20. The molecule has 0 saturated carbocycles. The number of sulfonamides is 1. The van der Waals surface area contributed by atoms with Crippen LogP contribution in [0, 0.1) is 12.8 Å². The smallest absolute Gasteiger partial charge is 0.243 e. The molecule has 1 aromatic carbocycles. The zero-order valence-corrected chi connectivity index (χ0v) is 16.0. The van der Waals surface area contributed by atoms with Crippen molar-refractivity contribution in [3.05, 3.63) is 40.4 Å². The van der Waals surface area contributed by atoms with Gasteiger partial charge in [0.25, 0.3) is 0 Å². The molecule has 6 nitrogen and oxygen atoms in total. The maximum absolute atomic E-state index is 12.9. The van der Waals surface area contributed by atoms with Crippen LogP contribution in [-0.2, 0) is 14.8 Å². The molecule has 0 bridgehead atoms. The quantitative estimate of drug-likeness (QED) is 0.856. The zero-order valence-electron chi connectivity index (χ0n) is 13.6. The average Bonchev–Trinajstić information content (AvgIpc) is 3.10. The van der Waals surface area contributed by atoms with Crippen molar-refractivity contribution in [1.29, 1.82) is 0 Å². The summed E-state index contributed by atoms with van der Waals surface area (Å²) >= 11 is 7.40. The molecule has 1 saturated heterocycles. The van der Waals surface area contributed by atoms with Crippen molar-refractivity contribution in [3.63, 3.8) is 0 Å². The van der Waals surface area contributed by atoms with Crippen LogP contribution in [-0.4, -0.2) is 36.7 Å². The Morgan fingerprint density at radius 2 is 2.24 bits per heavy atom. The van der Waals surface area contributed by atoms with Gasteiger partial charge in [-0.1, -0.05) is 17.7 Å². The highest BCUT2D eigenvalue weighted by molar-refractivity contribution is 7.89. The van der Waals surface area contributed by atoms with Crippen LogP contribution < -0.4 is 5.32 Å². The van der Waals surface area contributed by atoms with Crippen LogP contribution in [0.15, 0.2) is 34.7 Å². The maximum Gasteiger partial charge on any atom is 0.243 e. The lowest BCUT2D eigenvalue weighted by atomic mass is 9.99. The predicted octanol–water partition coefficient (Wildman–Crippen LogP) is 3.14. The van der Waals surface area contributed by atoms with Crippen LogP contribution in [0.4, 0.5) is 5.13 Å². The molecule has 1 aliphatic heterocycles. The van der Waals surface area contributed by atoms with Gasteiger partial charge in [0.1, 0.15) is 0 Å². The van der Waals surface area contributed by atoms with Crippen LogP contribution in [0.3, 0.4) is 0 Å². The number of thiazole rings is 1. The number of aryl methyl sites for hydroxylation is 1. The lowest BCUT2D eigenvalue weighted by Gasteiger charge is -2.31. The van der Waals surface area contributed by atoms with E-state index < -0.39 is 15.9 Å². The highest BCUT2D eigenvalue weighted by atomic mass is 35.5. The lowest BCUT2D eigenvalue weighted by molar-refractivity contribution is -0.120. The number of benzene rings is 1. The van der Waals surface area contributed by atoms with Gasteiger partial charge < -0.3 is 5.32 Å². The standard InChI is InChI=1S/C16H18ClN3O3S2/c1-11-4-5-13(9-14(11)17)25(22,23)20-7-2-3-12(10-20)15(21)19-16-18-6-8-24-16/h4-6,8-9,12H,2-3,7,10H2,1H3,(H,18,19,21). The first-order valence-electron chi connectivity index (χ1n) is 7.84. The average molecular weight is 400 g/mol. The van der Waals surface area contributed by atoms with Crippen LogP contribution in [0.25, 0.3) is 0 Å². The molecule has 1 aliphatic rings. The van der Waals surface area contributed by atoms with Crippen molar-refractivity contribution in [3.8, 4) is 0 Å². The second-order valence-corrected chi connectivity index (χ2v) is 9.18. The van der Waals surface area contributed by atoms with Crippen molar-refractivity contribution in [2.45, 2.75) is 24.7 Å². The highest BCUT2D eigenvalue weighted by Gasteiger charge is 2.33. The Morgan fingerprint density at radius 3 is 2.92 bits per heavy atom. The summed E-state index contributed by atoms with van der Waals surface area (Å²) in [5, 5.41) is 5.45. The minimum Gasteiger partial charge on any atom is -0.302 e. The number of rotatable bonds is 4. The lowest BCUT2D eigenvalue weighted by Crippen LogP contribution is -2.43. The Hall–Kier alpha value is -1.48. The van der Waals surface area contributed by atoms with E-state index in [1.807, 2.05) is 6.92 Å². The van der Waals surface area contributed by atoms with E-state index in [0.29, 0.717) is 29.5 Å². The van der Waals surface area contributed by atoms with E-state index in [9.17, 15) is 13.2 Å². The summed E-state index contributed by atoms with van der Waals surface area (Å²) in [4.78, 5) is 16.6. The van der Waals surface area contributed by atoms with E-state index in [1.165, 1.54) is 21.7 Å². The molecule has 0 spiro atoms. The number of hydrogen-bond acceptors (Lipinski definition) is 5. The molecule has 2 aromatic rings. The number of carbonyl (C=O) groups excluding carboxylic acids is 1. The van der Waals surface area contributed by atoms with Gasteiger partial charge in [0.05, 0.1) is 10.8 Å². The molecule has 1 unspecified atom stereocenters. The number of anilines is 1. The molecule has 9 heteroatoms. The predicted molar refractivity (Wildman–Crippen MR) is 98.4 cm³/mol. The summed E-state index contributed by atoms with van der Waals surface area (Å²) in [6, 6.07) is 4.70. The SMILES string of the molecule is Cc1ccc(S(=O)(=O)N2CCCC(C(=O)Nc3nccs3)C2)cc1Cl. The number of nitrogens with zero attached hydrogens (tertiary/aromatic N) is 2. The first-order valence-corrected chi connectivity index (χ1v) is 10.5. The molecular formula is C16H18ClN3O3S2. The van der Waals surface area contributed by atoms with Crippen LogP contribution in [0.2, 0.25) is 5.02 Å². The second-order valence-electron chi connectivity index (χ2n) is 5.94. The normalized spacial score (nSPS) is 18.9. The Bertz CT molecular complexity index is 869. The number of piperidine rings is 1. The molecule has 1 fully saturated rings. The van der Waals surface area contributed by atoms with E-state index in [4.69, 9.17) is 11.6 Å². The Kier molecular flexibility index (Phi) is 5.43. The highest BCUT2D eigenvalue weighted by Crippen LogP contribution is 2.27. The van der Waals surface area contributed by atoms with E-state index in [0.717, 1.165) is 5.56 Å². The van der Waals surface area contributed by atoms with E-state index in [1.54, 1.807) is 23.7 Å². The molecule has 1 N–H and O–H groups in total. The number of nitrogens with one attached hydrogen (secondary N) is 1. The number of halogens is 1. The van der Waals surface area contributed by atoms with Crippen LogP contribution in [0.5, 0.6) is 0 Å². The van der Waals surface area contributed by atoms with Gasteiger partial charge in [0.2, 0.25) is 15.9 Å². The van der Waals surface area contributed by atoms with Gasteiger partial charge in [-0.3, -0.25) is 4.79 Å². The third kappa shape index (κ3) is 4.03. The number of amides is 1. The van der Waals surface area contributed by atoms with Gasteiger partial charge in [-0.2, -0.15) is 4.31 Å². The molecule has 3 rings (SSSR count). The summed E-state index contributed by atoms with van der Waals surface area (Å²) in [7, 11) is -3.67. The molecular weight excluding hydrogens is 382 g/mol. The maximum atomic E-state index is 12.9. The van der Waals surface area contributed by atoms with Gasteiger partial charge in [-0.15, -0.1) is 11.3 Å². The molecule has 0 radical (unpaired) electrons. The van der Waals surface area contributed by atoms with Crippen molar-refractivity contribution in [2.75, 3.05) is 18.4 Å². The Balaban J connectivity index is 1.75. The first-order chi connectivity index (χ1) is 11.9. The molecule has 1 aromatic heterocycles. The fourth-order valence-corrected chi connectivity index (χ4v) is 5.08. The number of hydrogen-bond donors (Lipinski definition) is 1. The Labute approximate surface area is 155 Å². The summed E-state index contributed by atoms with van der Waals surface area (Å²) in [5.74, 6) is -0.592. The topological polar surface area (TPSA) is 79.4 Å². The van der Waals surface area contributed by atoms with Gasteiger partial charge in [-0.25, -0.2) is 13.4 Å². The summed E-state index contributed by atoms with van der Waals surface area (Å²) in [6.07, 6.45) is 2.89. The third-order valence-corrected chi connectivity index (χ3v) is 7.16. The van der Waals surface area contributed by atoms with Gasteiger partial charge in [0, 0.05) is 29.7 Å². The van der Waals surface area contributed by atoms with Gasteiger partial charge in [0.15, 0.2) is 5.13 Å². The molecule has 2 heterocycles. The van der Waals surface area contributed by atoms with Crippen molar-refractivity contribution >= 4 is 44.0 Å². The molecule has 1 atom stereocenters. The van der Waals surface area contributed by atoms with Crippen LogP contribution in [0.1, 0.15) is 18.4 Å². The van der Waals surface area contributed by atoms with Crippen LogP contribution >= 0.6 is 22.9 Å². The fraction of sp³-hybridized carbons (Fsp3) is 0.375. The zero-order chi connectivity index (χ0) is 18.0. The molecule has 134 valence electrons. The molecule has 0 aliphatic carbocycles. The monoisotopic (exact) mass is 399 g/mol. The fourth-order valence-electron chi connectivity index (χ4n) is 2.75.